The van der Waals surface area contributed by atoms with Crippen LogP contribution in [-0.2, 0) is 13.0 Å². The van der Waals surface area contributed by atoms with Gasteiger partial charge < -0.3 is 15.0 Å². The SMILES string of the molecule is CN1C(=S)[C@@H](NC(=O)c2nc(Cc3ccccc3)n(CCCC#N)n2)COc2ccccc21. The number of aromatic nitrogens is 3. The number of benzene rings is 2. The van der Waals surface area contributed by atoms with Gasteiger partial charge in [0.15, 0.2) is 0 Å². The summed E-state index contributed by atoms with van der Waals surface area (Å²) < 4.78 is 7.60. The molecular formula is C24H24N6O2S. The number of ether oxygens (including phenoxy) is 1. The average molecular weight is 461 g/mol. The molecule has 2 aromatic carbocycles. The van der Waals surface area contributed by atoms with Crippen molar-refractivity contribution in [3.63, 3.8) is 0 Å². The first-order chi connectivity index (χ1) is 16.1. The molecule has 4 rings (SSSR count). The Labute approximate surface area is 197 Å². The van der Waals surface area contributed by atoms with Crippen molar-refractivity contribution < 1.29 is 9.53 Å². The van der Waals surface area contributed by atoms with Crippen molar-refractivity contribution in [2.45, 2.75) is 31.8 Å². The van der Waals surface area contributed by atoms with Crippen LogP contribution < -0.4 is 15.0 Å². The zero-order valence-electron chi connectivity index (χ0n) is 18.3. The summed E-state index contributed by atoms with van der Waals surface area (Å²) in [6.45, 7) is 0.727. The number of anilines is 1. The Kier molecular flexibility index (Phi) is 6.95. The zero-order valence-corrected chi connectivity index (χ0v) is 19.1. The second-order valence-corrected chi connectivity index (χ2v) is 8.12. The van der Waals surface area contributed by atoms with Gasteiger partial charge in [0, 0.05) is 26.4 Å². The molecule has 33 heavy (non-hydrogen) atoms. The number of carbonyl (C=O) groups is 1. The minimum absolute atomic E-state index is 0.0742. The molecule has 3 aromatic rings. The molecule has 0 spiro atoms. The van der Waals surface area contributed by atoms with Gasteiger partial charge in [0.25, 0.3) is 5.91 Å². The molecule has 168 valence electrons. The maximum absolute atomic E-state index is 13.1. The standard InChI is InChI=1S/C24H24N6O2S/c1-29-19-11-5-6-12-20(19)32-16-18(24(29)33)26-23(31)22-27-21(15-17-9-3-2-4-10-17)30(28-22)14-8-7-13-25/h2-6,9-12,18H,7-8,14-16H2,1H3,(H,26,31)/t18-/m0/s1. The van der Waals surface area contributed by atoms with Crippen molar-refractivity contribution >= 4 is 28.8 Å². The maximum atomic E-state index is 13.1. The van der Waals surface area contributed by atoms with E-state index in [0.717, 1.165) is 11.3 Å². The van der Waals surface area contributed by atoms with Crippen LogP contribution in [0.1, 0.15) is 34.8 Å². The van der Waals surface area contributed by atoms with Crippen LogP contribution in [0.3, 0.4) is 0 Å². The highest BCUT2D eigenvalue weighted by atomic mass is 32.1. The van der Waals surface area contributed by atoms with Gasteiger partial charge >= 0.3 is 0 Å². The Morgan fingerprint density at radius 2 is 2.00 bits per heavy atom. The van der Waals surface area contributed by atoms with E-state index in [4.69, 9.17) is 22.2 Å². The Balaban J connectivity index is 1.52. The van der Waals surface area contributed by atoms with Crippen LogP contribution in [0.25, 0.3) is 0 Å². The van der Waals surface area contributed by atoms with Crippen molar-refractivity contribution in [2.75, 3.05) is 18.6 Å². The number of unbranched alkanes of at least 4 members (excludes halogenated alkanes) is 1. The summed E-state index contributed by atoms with van der Waals surface area (Å²) in [4.78, 5) is 20.0. The highest BCUT2D eigenvalue weighted by molar-refractivity contribution is 7.80. The zero-order chi connectivity index (χ0) is 23.2. The number of thiocarbonyl (C=S) groups is 1. The van der Waals surface area contributed by atoms with Crippen LogP contribution in [0.2, 0.25) is 0 Å². The summed E-state index contributed by atoms with van der Waals surface area (Å²) in [5.74, 6) is 1.04. The van der Waals surface area contributed by atoms with Crippen LogP contribution in [-0.4, -0.2) is 45.4 Å². The van der Waals surface area contributed by atoms with Gasteiger partial charge in [0.1, 0.15) is 29.2 Å². The van der Waals surface area contributed by atoms with E-state index in [0.29, 0.717) is 42.4 Å². The fourth-order valence-electron chi connectivity index (χ4n) is 3.65. The first-order valence-corrected chi connectivity index (χ1v) is 11.1. The molecule has 1 aromatic heterocycles. The second-order valence-electron chi connectivity index (χ2n) is 7.70. The van der Waals surface area contributed by atoms with E-state index < -0.39 is 11.9 Å². The topological polar surface area (TPSA) is 96.1 Å². The third-order valence-corrected chi connectivity index (χ3v) is 5.94. The van der Waals surface area contributed by atoms with Gasteiger partial charge in [0.2, 0.25) is 5.82 Å². The fraction of sp³-hybridized carbons (Fsp3) is 0.292. The summed E-state index contributed by atoms with van der Waals surface area (Å²) in [5, 5.41) is 16.2. The molecule has 0 saturated carbocycles. The Bertz CT molecular complexity index is 1190. The minimum atomic E-state index is -0.506. The molecule has 1 atom stereocenters. The molecule has 0 saturated heterocycles. The lowest BCUT2D eigenvalue weighted by Crippen LogP contribution is -2.48. The number of likely N-dealkylation sites (N-methyl/N-ethyl adjacent to an activating group) is 1. The molecule has 1 amide bonds. The summed E-state index contributed by atoms with van der Waals surface area (Å²) in [6.07, 6.45) is 1.58. The summed E-state index contributed by atoms with van der Waals surface area (Å²) in [6, 6.07) is 19.1. The Morgan fingerprint density at radius 3 is 2.79 bits per heavy atom. The molecule has 0 radical (unpaired) electrons. The molecule has 9 heteroatoms. The average Bonchev–Trinajstić information content (AvgIpc) is 3.19. The van der Waals surface area contributed by atoms with Crippen LogP contribution in [0, 0.1) is 11.3 Å². The first-order valence-electron chi connectivity index (χ1n) is 10.7. The highest BCUT2D eigenvalue weighted by Gasteiger charge is 2.29. The Hall–Kier alpha value is -3.77. The molecule has 0 fully saturated rings. The van der Waals surface area contributed by atoms with E-state index in [1.165, 1.54) is 0 Å². The van der Waals surface area contributed by atoms with Crippen LogP contribution in [0.5, 0.6) is 5.75 Å². The lowest BCUT2D eigenvalue weighted by atomic mass is 10.1. The van der Waals surface area contributed by atoms with E-state index in [2.05, 4.69) is 21.5 Å². The fourth-order valence-corrected chi connectivity index (χ4v) is 3.87. The molecule has 0 bridgehead atoms. The number of para-hydroxylation sites is 2. The molecule has 0 aliphatic carbocycles. The van der Waals surface area contributed by atoms with Crippen LogP contribution >= 0.6 is 12.2 Å². The molecule has 8 nitrogen and oxygen atoms in total. The number of nitrogens with one attached hydrogen (secondary N) is 1. The number of hydrogen-bond acceptors (Lipinski definition) is 6. The number of amides is 1. The van der Waals surface area contributed by atoms with Crippen LogP contribution in [0.4, 0.5) is 5.69 Å². The van der Waals surface area contributed by atoms with Crippen molar-refractivity contribution in [2.24, 2.45) is 0 Å². The molecule has 1 aliphatic heterocycles. The Morgan fingerprint density at radius 1 is 1.24 bits per heavy atom. The van der Waals surface area contributed by atoms with Gasteiger partial charge in [-0.3, -0.25) is 4.79 Å². The van der Waals surface area contributed by atoms with Gasteiger partial charge in [-0.2, -0.15) is 5.26 Å². The normalized spacial score (nSPS) is 15.2. The lowest BCUT2D eigenvalue weighted by molar-refractivity contribution is 0.0927. The summed E-state index contributed by atoms with van der Waals surface area (Å²) in [5.41, 5.74) is 1.92. The minimum Gasteiger partial charge on any atom is -0.489 e. The van der Waals surface area contributed by atoms with Gasteiger partial charge in [-0.15, -0.1) is 5.10 Å². The number of nitrogens with zero attached hydrogens (tertiary/aromatic N) is 5. The van der Waals surface area contributed by atoms with Crippen LogP contribution in [0.15, 0.2) is 54.6 Å². The molecule has 1 N–H and O–H groups in total. The quantitative estimate of drug-likeness (QED) is 0.427. The molecule has 2 heterocycles. The lowest BCUT2D eigenvalue weighted by Gasteiger charge is -2.23. The highest BCUT2D eigenvalue weighted by Crippen LogP contribution is 2.30. The smallest absolute Gasteiger partial charge is 0.291 e. The summed E-state index contributed by atoms with van der Waals surface area (Å²) in [7, 11) is 1.86. The predicted molar refractivity (Wildman–Crippen MR) is 128 cm³/mol. The number of aryl methyl sites for hydroxylation is 1. The number of hydrogen-bond donors (Lipinski definition) is 1. The van der Waals surface area contributed by atoms with Crippen molar-refractivity contribution in [1.82, 2.24) is 20.1 Å². The molecule has 0 unspecified atom stereocenters. The predicted octanol–water partition coefficient (Wildman–Crippen LogP) is 3.13. The van der Waals surface area contributed by atoms with E-state index in [9.17, 15) is 4.79 Å². The van der Waals surface area contributed by atoms with Gasteiger partial charge in [-0.25, -0.2) is 9.67 Å². The van der Waals surface area contributed by atoms with E-state index in [1.54, 1.807) is 4.68 Å². The van der Waals surface area contributed by atoms with Gasteiger partial charge in [0.05, 0.1) is 11.8 Å². The second kappa shape index (κ2) is 10.2. The monoisotopic (exact) mass is 460 g/mol. The maximum Gasteiger partial charge on any atom is 0.291 e. The largest absolute Gasteiger partial charge is 0.489 e. The van der Waals surface area contributed by atoms with Crippen molar-refractivity contribution in [3.8, 4) is 11.8 Å². The number of fused-ring (bicyclic) bond motifs is 1. The van der Waals surface area contributed by atoms with Gasteiger partial charge in [-0.05, 0) is 24.1 Å². The van der Waals surface area contributed by atoms with E-state index in [-0.39, 0.29) is 12.4 Å². The number of nitriles is 1. The third kappa shape index (κ3) is 5.18. The van der Waals surface area contributed by atoms with Gasteiger partial charge in [-0.1, -0.05) is 54.7 Å². The summed E-state index contributed by atoms with van der Waals surface area (Å²) >= 11 is 5.62. The first kappa shape index (κ1) is 22.4. The van der Waals surface area contributed by atoms with E-state index in [1.807, 2.05) is 66.5 Å². The third-order valence-electron chi connectivity index (χ3n) is 5.38. The van der Waals surface area contributed by atoms with E-state index >= 15 is 0 Å². The van der Waals surface area contributed by atoms with Crippen molar-refractivity contribution in [1.29, 1.82) is 5.26 Å². The number of carbonyl (C=O) groups excluding carboxylic acids is 1. The molecular weight excluding hydrogens is 436 g/mol. The van der Waals surface area contributed by atoms with Crippen molar-refractivity contribution in [3.05, 3.63) is 71.8 Å². The molecule has 1 aliphatic rings. The number of rotatable bonds is 7.